The molecule has 0 amide bonds. The third-order valence-electron chi connectivity index (χ3n) is 3.43. The lowest BCUT2D eigenvalue weighted by Crippen LogP contribution is -2.32. The van der Waals surface area contributed by atoms with E-state index < -0.39 is 0 Å². The molecule has 1 saturated carbocycles. The fraction of sp³-hybridized carbons (Fsp3) is 0.615. The molecule has 0 unspecified atom stereocenters. The zero-order chi connectivity index (χ0) is 11.4. The van der Waals surface area contributed by atoms with Crippen LogP contribution in [0.1, 0.15) is 38.2 Å². The molecule has 0 spiro atoms. The van der Waals surface area contributed by atoms with Crippen LogP contribution in [0.25, 0.3) is 0 Å². The van der Waals surface area contributed by atoms with E-state index in [4.69, 9.17) is 11.6 Å². The predicted octanol–water partition coefficient (Wildman–Crippen LogP) is 3.83. The fourth-order valence-electron chi connectivity index (χ4n) is 2.27. The number of aromatic nitrogens is 1. The van der Waals surface area contributed by atoms with Gasteiger partial charge in [-0.25, -0.2) is 4.98 Å². The minimum absolute atomic E-state index is 0. The average molecular weight is 275 g/mol. The highest BCUT2D eigenvalue weighted by Gasteiger charge is 2.17. The summed E-state index contributed by atoms with van der Waals surface area (Å²) in [5, 5.41) is 4.20. The highest BCUT2D eigenvalue weighted by atomic mass is 35.5. The number of pyridine rings is 1. The summed E-state index contributed by atoms with van der Waals surface area (Å²) in [6.45, 7) is 3.18. The summed E-state index contributed by atoms with van der Waals surface area (Å²) in [4.78, 5) is 4.08. The highest BCUT2D eigenvalue weighted by Crippen LogP contribution is 2.23. The van der Waals surface area contributed by atoms with Gasteiger partial charge < -0.3 is 5.32 Å². The molecule has 2 nitrogen and oxygen atoms in total. The van der Waals surface area contributed by atoms with Crippen molar-refractivity contribution in [1.29, 1.82) is 0 Å². The van der Waals surface area contributed by atoms with Crippen LogP contribution < -0.4 is 5.32 Å². The van der Waals surface area contributed by atoms with Crippen molar-refractivity contribution in [2.45, 2.75) is 45.2 Å². The molecule has 0 atom stereocenters. The molecule has 1 fully saturated rings. The van der Waals surface area contributed by atoms with Gasteiger partial charge in [0.1, 0.15) is 5.15 Å². The van der Waals surface area contributed by atoms with Crippen LogP contribution in [0, 0.1) is 5.92 Å². The van der Waals surface area contributed by atoms with Gasteiger partial charge in [0, 0.05) is 24.3 Å². The quantitative estimate of drug-likeness (QED) is 0.848. The van der Waals surface area contributed by atoms with E-state index in [1.54, 1.807) is 6.20 Å². The Balaban J connectivity index is 0.00000144. The summed E-state index contributed by atoms with van der Waals surface area (Å²) in [5.41, 5.74) is 1.10. The van der Waals surface area contributed by atoms with E-state index in [0.29, 0.717) is 11.2 Å². The lowest BCUT2D eigenvalue weighted by Gasteiger charge is -2.27. The third-order valence-corrected chi connectivity index (χ3v) is 3.77. The van der Waals surface area contributed by atoms with E-state index in [1.807, 2.05) is 12.1 Å². The highest BCUT2D eigenvalue weighted by molar-refractivity contribution is 6.30. The van der Waals surface area contributed by atoms with Crippen molar-refractivity contribution >= 4 is 24.0 Å². The Morgan fingerprint density at radius 3 is 2.71 bits per heavy atom. The van der Waals surface area contributed by atoms with Crippen molar-refractivity contribution in [3.63, 3.8) is 0 Å². The maximum atomic E-state index is 6.01. The summed E-state index contributed by atoms with van der Waals surface area (Å²) >= 11 is 6.01. The second-order valence-corrected chi connectivity index (χ2v) is 5.15. The molecule has 0 aromatic carbocycles. The molecule has 0 radical (unpaired) electrons. The molecule has 96 valence electrons. The molecule has 1 N–H and O–H groups in total. The van der Waals surface area contributed by atoms with Crippen molar-refractivity contribution in [1.82, 2.24) is 10.3 Å². The van der Waals surface area contributed by atoms with Gasteiger partial charge in [-0.3, -0.25) is 0 Å². The Morgan fingerprint density at radius 2 is 2.06 bits per heavy atom. The van der Waals surface area contributed by atoms with Crippen molar-refractivity contribution in [3.05, 3.63) is 29.0 Å². The van der Waals surface area contributed by atoms with Gasteiger partial charge in [0.05, 0.1) is 0 Å². The Hall–Kier alpha value is -0.310. The Morgan fingerprint density at radius 1 is 1.35 bits per heavy atom. The molecule has 1 aliphatic carbocycles. The SMILES string of the molecule is CC1CCC(NCc2cccnc2Cl)CC1.Cl. The summed E-state index contributed by atoms with van der Waals surface area (Å²) in [6.07, 6.45) is 7.00. The van der Waals surface area contributed by atoms with Crippen LogP contribution in [-0.4, -0.2) is 11.0 Å². The largest absolute Gasteiger partial charge is 0.310 e. The van der Waals surface area contributed by atoms with Crippen molar-refractivity contribution < 1.29 is 0 Å². The monoisotopic (exact) mass is 274 g/mol. The second-order valence-electron chi connectivity index (χ2n) is 4.79. The van der Waals surface area contributed by atoms with E-state index in [-0.39, 0.29) is 12.4 Å². The van der Waals surface area contributed by atoms with Gasteiger partial charge in [-0.1, -0.05) is 24.6 Å². The molecule has 2 rings (SSSR count). The molecule has 1 aromatic rings. The number of nitrogens with one attached hydrogen (secondary N) is 1. The standard InChI is InChI=1S/C13H19ClN2.ClH/c1-10-4-6-12(7-5-10)16-9-11-3-2-8-15-13(11)14;/h2-3,8,10,12,16H,4-7,9H2,1H3;1H. The predicted molar refractivity (Wildman–Crippen MR) is 74.8 cm³/mol. The molecule has 4 heteroatoms. The molecule has 0 bridgehead atoms. The second kappa shape index (κ2) is 7.20. The molecule has 1 aromatic heterocycles. The first kappa shape index (κ1) is 14.7. The minimum atomic E-state index is 0. The van der Waals surface area contributed by atoms with Crippen molar-refractivity contribution in [3.8, 4) is 0 Å². The summed E-state index contributed by atoms with van der Waals surface area (Å²) in [7, 11) is 0. The van der Waals surface area contributed by atoms with Gasteiger partial charge in [-0.15, -0.1) is 12.4 Å². The Kier molecular flexibility index (Phi) is 6.24. The zero-order valence-electron chi connectivity index (χ0n) is 10.2. The average Bonchev–Trinajstić information content (AvgIpc) is 2.30. The molecule has 1 heterocycles. The lowest BCUT2D eigenvalue weighted by atomic mass is 9.87. The van der Waals surface area contributed by atoms with Gasteiger partial charge in [0.2, 0.25) is 0 Å². The number of hydrogen-bond acceptors (Lipinski definition) is 2. The maximum absolute atomic E-state index is 6.01. The number of rotatable bonds is 3. The molecular weight excluding hydrogens is 255 g/mol. The normalized spacial score (nSPS) is 24.1. The van der Waals surface area contributed by atoms with Crippen molar-refractivity contribution in [2.75, 3.05) is 0 Å². The minimum Gasteiger partial charge on any atom is -0.310 e. The van der Waals surface area contributed by atoms with E-state index in [9.17, 15) is 0 Å². The van der Waals surface area contributed by atoms with E-state index in [2.05, 4.69) is 17.2 Å². The lowest BCUT2D eigenvalue weighted by molar-refractivity contribution is 0.306. The van der Waals surface area contributed by atoms with Crippen LogP contribution in [0.4, 0.5) is 0 Å². The first-order valence-corrected chi connectivity index (χ1v) is 6.46. The number of hydrogen-bond donors (Lipinski definition) is 1. The maximum Gasteiger partial charge on any atom is 0.133 e. The summed E-state index contributed by atoms with van der Waals surface area (Å²) in [6, 6.07) is 4.63. The number of halogens is 2. The van der Waals surface area contributed by atoms with Crippen LogP contribution >= 0.6 is 24.0 Å². The fourth-order valence-corrected chi connectivity index (χ4v) is 2.46. The van der Waals surface area contributed by atoms with E-state index in [0.717, 1.165) is 18.0 Å². The molecule has 0 saturated heterocycles. The van der Waals surface area contributed by atoms with Gasteiger partial charge >= 0.3 is 0 Å². The van der Waals surface area contributed by atoms with Gasteiger partial charge in [0.15, 0.2) is 0 Å². The van der Waals surface area contributed by atoms with Crippen LogP contribution in [-0.2, 0) is 6.54 Å². The first-order chi connectivity index (χ1) is 7.75. The van der Waals surface area contributed by atoms with Gasteiger partial charge in [-0.05, 0) is 37.7 Å². The van der Waals surface area contributed by atoms with Crippen LogP contribution in [0.15, 0.2) is 18.3 Å². The molecule has 17 heavy (non-hydrogen) atoms. The Labute approximate surface area is 115 Å². The summed E-state index contributed by atoms with van der Waals surface area (Å²) < 4.78 is 0. The van der Waals surface area contributed by atoms with Crippen molar-refractivity contribution in [2.24, 2.45) is 5.92 Å². The molecule has 1 aliphatic rings. The topological polar surface area (TPSA) is 24.9 Å². The van der Waals surface area contributed by atoms with Gasteiger partial charge in [-0.2, -0.15) is 0 Å². The summed E-state index contributed by atoms with van der Waals surface area (Å²) in [5.74, 6) is 0.903. The number of nitrogens with zero attached hydrogens (tertiary/aromatic N) is 1. The van der Waals surface area contributed by atoms with Gasteiger partial charge in [0.25, 0.3) is 0 Å². The molecular formula is C13H20Cl2N2. The third kappa shape index (κ3) is 4.46. The smallest absolute Gasteiger partial charge is 0.133 e. The molecule has 0 aliphatic heterocycles. The zero-order valence-corrected chi connectivity index (χ0v) is 11.7. The van der Waals surface area contributed by atoms with Crippen LogP contribution in [0.2, 0.25) is 5.15 Å². The first-order valence-electron chi connectivity index (χ1n) is 6.08. The van der Waals surface area contributed by atoms with E-state index in [1.165, 1.54) is 25.7 Å². The van der Waals surface area contributed by atoms with Crippen LogP contribution in [0.5, 0.6) is 0 Å². The van der Waals surface area contributed by atoms with Crippen LogP contribution in [0.3, 0.4) is 0 Å². The Bertz CT molecular complexity index is 336. The van der Waals surface area contributed by atoms with E-state index >= 15 is 0 Å².